The first-order valence-electron chi connectivity index (χ1n) is 6.79. The lowest BCUT2D eigenvalue weighted by Gasteiger charge is -2.07. The lowest BCUT2D eigenvalue weighted by atomic mass is 10.1. The molecule has 1 N–H and O–H groups in total. The first-order valence-corrected chi connectivity index (χ1v) is 6.79. The SMILES string of the molecule is COc1ccc(N/C(C)=C/C(=O)c2ccc(C)cc2)cc1. The molecule has 0 amide bonds. The number of hydrogen-bond acceptors (Lipinski definition) is 3. The Hall–Kier alpha value is -2.55. The Morgan fingerprint density at radius 3 is 2.24 bits per heavy atom. The van der Waals surface area contributed by atoms with Gasteiger partial charge in [0.05, 0.1) is 7.11 Å². The molecule has 0 atom stereocenters. The van der Waals surface area contributed by atoms with Crippen LogP contribution in [-0.4, -0.2) is 12.9 Å². The number of methoxy groups -OCH3 is 1. The Bertz CT molecular complexity index is 640. The van der Waals surface area contributed by atoms with Crippen LogP contribution in [-0.2, 0) is 0 Å². The largest absolute Gasteiger partial charge is 0.497 e. The summed E-state index contributed by atoms with van der Waals surface area (Å²) in [4.78, 5) is 12.1. The van der Waals surface area contributed by atoms with E-state index >= 15 is 0 Å². The van der Waals surface area contributed by atoms with Crippen molar-refractivity contribution in [2.75, 3.05) is 12.4 Å². The van der Waals surface area contributed by atoms with E-state index in [1.54, 1.807) is 13.2 Å². The Morgan fingerprint density at radius 1 is 1.05 bits per heavy atom. The van der Waals surface area contributed by atoms with Crippen LogP contribution in [0.3, 0.4) is 0 Å². The molecule has 0 fully saturated rings. The van der Waals surface area contributed by atoms with Crippen LogP contribution >= 0.6 is 0 Å². The van der Waals surface area contributed by atoms with Crippen LogP contribution < -0.4 is 10.1 Å². The van der Waals surface area contributed by atoms with Crippen molar-refractivity contribution >= 4 is 11.5 Å². The van der Waals surface area contributed by atoms with Gasteiger partial charge in [0.2, 0.25) is 0 Å². The van der Waals surface area contributed by atoms with Crippen LogP contribution in [0.25, 0.3) is 0 Å². The molecule has 2 aromatic rings. The maximum absolute atomic E-state index is 12.1. The average Bonchev–Trinajstić information content (AvgIpc) is 2.48. The van der Waals surface area contributed by atoms with Gasteiger partial charge in [0.25, 0.3) is 0 Å². The second-order valence-electron chi connectivity index (χ2n) is 4.91. The summed E-state index contributed by atoms with van der Waals surface area (Å²) >= 11 is 0. The summed E-state index contributed by atoms with van der Waals surface area (Å²) in [6.07, 6.45) is 1.61. The molecule has 0 unspecified atom stereocenters. The minimum atomic E-state index is -0.00601. The summed E-state index contributed by atoms with van der Waals surface area (Å²) < 4.78 is 5.11. The molecule has 0 aliphatic heterocycles. The van der Waals surface area contributed by atoms with Crippen molar-refractivity contribution in [3.05, 3.63) is 71.4 Å². The quantitative estimate of drug-likeness (QED) is 0.659. The highest BCUT2D eigenvalue weighted by atomic mass is 16.5. The number of hydrogen-bond donors (Lipinski definition) is 1. The predicted molar refractivity (Wildman–Crippen MR) is 85.9 cm³/mol. The third kappa shape index (κ3) is 4.21. The molecule has 3 heteroatoms. The second-order valence-corrected chi connectivity index (χ2v) is 4.91. The van der Waals surface area contributed by atoms with E-state index in [1.165, 1.54) is 0 Å². The van der Waals surface area contributed by atoms with Crippen molar-refractivity contribution in [3.63, 3.8) is 0 Å². The van der Waals surface area contributed by atoms with Gasteiger partial charge in [0.1, 0.15) is 5.75 Å². The van der Waals surface area contributed by atoms with Gasteiger partial charge in [-0.15, -0.1) is 0 Å². The molecular formula is C18H19NO2. The standard InChI is InChI=1S/C18H19NO2/c1-13-4-6-15(7-5-13)18(20)12-14(2)19-16-8-10-17(21-3)11-9-16/h4-12,19H,1-3H3/b14-12+. The molecule has 0 saturated carbocycles. The Balaban J connectivity index is 2.05. The monoisotopic (exact) mass is 281 g/mol. The van der Waals surface area contributed by atoms with Crippen LogP contribution in [0.1, 0.15) is 22.8 Å². The number of nitrogens with one attached hydrogen (secondary N) is 1. The molecule has 0 saturated heterocycles. The van der Waals surface area contributed by atoms with Gasteiger partial charge in [0, 0.05) is 23.0 Å². The van der Waals surface area contributed by atoms with Crippen LogP contribution in [0.2, 0.25) is 0 Å². The molecule has 0 aromatic heterocycles. The van der Waals surface area contributed by atoms with Crippen LogP contribution in [0.5, 0.6) is 5.75 Å². The van der Waals surface area contributed by atoms with Crippen molar-refractivity contribution in [3.8, 4) is 5.75 Å². The van der Waals surface area contributed by atoms with E-state index in [1.807, 2.05) is 62.4 Å². The van der Waals surface area contributed by atoms with Crippen molar-refractivity contribution in [2.24, 2.45) is 0 Å². The number of aryl methyl sites for hydroxylation is 1. The normalized spacial score (nSPS) is 11.1. The maximum Gasteiger partial charge on any atom is 0.187 e. The van der Waals surface area contributed by atoms with Gasteiger partial charge in [-0.2, -0.15) is 0 Å². The molecule has 0 aliphatic carbocycles. The van der Waals surface area contributed by atoms with Gasteiger partial charge in [-0.1, -0.05) is 29.8 Å². The summed E-state index contributed by atoms with van der Waals surface area (Å²) in [6, 6.07) is 15.1. The first kappa shape index (κ1) is 14.9. The van der Waals surface area contributed by atoms with Crippen molar-refractivity contribution < 1.29 is 9.53 Å². The third-order valence-corrected chi connectivity index (χ3v) is 3.12. The Kier molecular flexibility index (Phi) is 4.77. The molecular weight excluding hydrogens is 262 g/mol. The van der Waals surface area contributed by atoms with Crippen molar-refractivity contribution in [1.82, 2.24) is 0 Å². The number of carbonyl (C=O) groups is 1. The second kappa shape index (κ2) is 6.75. The fourth-order valence-corrected chi connectivity index (χ4v) is 1.94. The first-order chi connectivity index (χ1) is 10.1. The summed E-state index contributed by atoms with van der Waals surface area (Å²) in [5, 5.41) is 3.19. The van der Waals surface area contributed by atoms with Crippen LogP contribution in [0.15, 0.2) is 60.3 Å². The molecule has 0 bridgehead atoms. The predicted octanol–water partition coefficient (Wildman–Crippen LogP) is 4.20. The number of allylic oxidation sites excluding steroid dienone is 2. The van der Waals surface area contributed by atoms with Crippen LogP contribution in [0.4, 0.5) is 5.69 Å². The molecule has 0 heterocycles. The number of ketones is 1. The third-order valence-electron chi connectivity index (χ3n) is 3.12. The Morgan fingerprint density at radius 2 is 1.67 bits per heavy atom. The van der Waals surface area contributed by atoms with Gasteiger partial charge in [0.15, 0.2) is 5.78 Å². The van der Waals surface area contributed by atoms with E-state index in [9.17, 15) is 4.79 Å². The van der Waals surface area contributed by atoms with Crippen molar-refractivity contribution in [1.29, 1.82) is 0 Å². The van der Waals surface area contributed by atoms with Gasteiger partial charge < -0.3 is 10.1 Å². The van der Waals surface area contributed by atoms with E-state index in [0.29, 0.717) is 5.56 Å². The molecule has 0 spiro atoms. The van der Waals surface area contributed by atoms with E-state index in [2.05, 4.69) is 5.32 Å². The van der Waals surface area contributed by atoms with Crippen LogP contribution in [0, 0.1) is 6.92 Å². The van der Waals surface area contributed by atoms with Gasteiger partial charge >= 0.3 is 0 Å². The lowest BCUT2D eigenvalue weighted by molar-refractivity contribution is 0.104. The molecule has 21 heavy (non-hydrogen) atoms. The Labute approximate surface area is 125 Å². The number of anilines is 1. The summed E-state index contributed by atoms with van der Waals surface area (Å²) in [5.74, 6) is 0.798. The molecule has 108 valence electrons. The van der Waals surface area contributed by atoms with E-state index in [0.717, 1.165) is 22.7 Å². The van der Waals surface area contributed by atoms with Gasteiger partial charge in [-0.05, 0) is 38.1 Å². The minimum Gasteiger partial charge on any atom is -0.497 e. The number of ether oxygens (including phenoxy) is 1. The maximum atomic E-state index is 12.1. The summed E-state index contributed by atoms with van der Waals surface area (Å²) in [7, 11) is 1.63. The fraction of sp³-hybridized carbons (Fsp3) is 0.167. The number of benzene rings is 2. The fourth-order valence-electron chi connectivity index (χ4n) is 1.94. The molecule has 0 radical (unpaired) electrons. The molecule has 2 aromatic carbocycles. The average molecular weight is 281 g/mol. The molecule has 3 nitrogen and oxygen atoms in total. The zero-order valence-electron chi connectivity index (χ0n) is 12.5. The topological polar surface area (TPSA) is 38.3 Å². The van der Waals surface area contributed by atoms with E-state index in [4.69, 9.17) is 4.74 Å². The molecule has 0 aliphatic rings. The van der Waals surface area contributed by atoms with Gasteiger partial charge in [-0.3, -0.25) is 4.79 Å². The zero-order chi connectivity index (χ0) is 15.2. The summed E-state index contributed by atoms with van der Waals surface area (Å²) in [5.41, 5.74) is 3.55. The van der Waals surface area contributed by atoms with E-state index in [-0.39, 0.29) is 5.78 Å². The lowest BCUT2D eigenvalue weighted by Crippen LogP contribution is -2.01. The minimum absolute atomic E-state index is 0.00601. The number of carbonyl (C=O) groups excluding carboxylic acids is 1. The van der Waals surface area contributed by atoms with Crippen molar-refractivity contribution in [2.45, 2.75) is 13.8 Å². The van der Waals surface area contributed by atoms with Gasteiger partial charge in [-0.25, -0.2) is 0 Å². The zero-order valence-corrected chi connectivity index (χ0v) is 12.5. The number of rotatable bonds is 5. The summed E-state index contributed by atoms with van der Waals surface area (Å²) in [6.45, 7) is 3.87. The molecule has 2 rings (SSSR count). The highest BCUT2D eigenvalue weighted by Crippen LogP contribution is 2.16. The highest BCUT2D eigenvalue weighted by molar-refractivity contribution is 6.05. The highest BCUT2D eigenvalue weighted by Gasteiger charge is 2.03. The van der Waals surface area contributed by atoms with E-state index < -0.39 is 0 Å². The smallest absolute Gasteiger partial charge is 0.187 e.